The van der Waals surface area contributed by atoms with Crippen molar-refractivity contribution in [3.8, 4) is 5.75 Å². The summed E-state index contributed by atoms with van der Waals surface area (Å²) in [4.78, 5) is 4.40. The molecule has 2 aromatic heterocycles. The summed E-state index contributed by atoms with van der Waals surface area (Å²) < 4.78 is 2.63. The molecule has 0 saturated carbocycles. The van der Waals surface area contributed by atoms with E-state index in [-0.39, 0.29) is 5.75 Å². The van der Waals surface area contributed by atoms with Crippen molar-refractivity contribution in [2.75, 3.05) is 0 Å². The molecule has 2 heterocycles. The first-order valence-corrected chi connectivity index (χ1v) is 6.29. The fraction of sp³-hybridized carbons (Fsp3) is 0.0769. The van der Waals surface area contributed by atoms with Crippen LogP contribution < -0.4 is 0 Å². The third-order valence-electron chi connectivity index (χ3n) is 2.61. The topological polar surface area (TPSA) is 50.4 Å². The lowest BCUT2D eigenvalue weighted by atomic mass is 10.1. The molecule has 3 rings (SSSR count). The lowest BCUT2D eigenvalue weighted by Crippen LogP contribution is -1.91. The molecule has 0 radical (unpaired) electrons. The maximum absolute atomic E-state index is 9.37. The molecule has 5 heteroatoms. The molecule has 0 fully saturated rings. The zero-order chi connectivity index (χ0) is 12.5. The van der Waals surface area contributed by atoms with Crippen molar-refractivity contribution in [2.45, 2.75) is 6.42 Å². The molecule has 0 aliphatic heterocycles. The van der Waals surface area contributed by atoms with Crippen LogP contribution in [0.25, 0.3) is 5.65 Å². The second-order valence-electron chi connectivity index (χ2n) is 4.02. The highest BCUT2D eigenvalue weighted by molar-refractivity contribution is 9.10. The smallest absolute Gasteiger partial charge is 0.156 e. The van der Waals surface area contributed by atoms with Crippen molar-refractivity contribution in [3.63, 3.8) is 0 Å². The van der Waals surface area contributed by atoms with Gasteiger partial charge in [-0.3, -0.25) is 0 Å². The number of nitrogens with zero attached hydrogens (tertiary/aromatic N) is 3. The number of hydrogen-bond donors (Lipinski definition) is 1. The van der Waals surface area contributed by atoms with Gasteiger partial charge >= 0.3 is 0 Å². The summed E-state index contributed by atoms with van der Waals surface area (Å²) in [7, 11) is 0. The monoisotopic (exact) mass is 303 g/mol. The van der Waals surface area contributed by atoms with Crippen molar-refractivity contribution in [1.29, 1.82) is 0 Å². The number of aromatic nitrogens is 3. The summed E-state index contributed by atoms with van der Waals surface area (Å²) in [6.07, 6.45) is 2.22. The van der Waals surface area contributed by atoms with Crippen LogP contribution in [0, 0.1) is 0 Å². The molecule has 4 nitrogen and oxygen atoms in total. The molecular formula is C13H10BrN3O. The highest BCUT2D eigenvalue weighted by Gasteiger charge is 2.05. The summed E-state index contributed by atoms with van der Waals surface area (Å²) in [5, 5.41) is 13.7. The largest absolute Gasteiger partial charge is 0.506 e. The Morgan fingerprint density at radius 1 is 1.22 bits per heavy atom. The summed E-state index contributed by atoms with van der Waals surface area (Å²) in [6, 6.07) is 11.4. The summed E-state index contributed by atoms with van der Waals surface area (Å²) >= 11 is 3.44. The fourth-order valence-corrected chi connectivity index (χ4v) is 2.27. The first-order chi connectivity index (χ1) is 8.70. The Balaban J connectivity index is 1.95. The van der Waals surface area contributed by atoms with E-state index in [1.165, 1.54) is 0 Å². The van der Waals surface area contributed by atoms with Gasteiger partial charge in [0.2, 0.25) is 0 Å². The van der Waals surface area contributed by atoms with E-state index in [2.05, 4.69) is 26.0 Å². The standard InChI is InChI=1S/C13H10BrN3O/c14-10-3-1-2-9(6-10)7-12-15-13-5-4-11(18)8-17(13)16-12/h1-6,8,18H,7H2. The van der Waals surface area contributed by atoms with Crippen molar-refractivity contribution in [2.24, 2.45) is 0 Å². The number of halogens is 1. The molecule has 90 valence electrons. The fourth-order valence-electron chi connectivity index (χ4n) is 1.82. The molecule has 0 aliphatic carbocycles. The molecule has 3 aromatic rings. The Morgan fingerprint density at radius 3 is 2.94 bits per heavy atom. The SMILES string of the molecule is Oc1ccc2nc(Cc3cccc(Br)c3)nn2c1. The average Bonchev–Trinajstić information content (AvgIpc) is 2.70. The van der Waals surface area contributed by atoms with Gasteiger partial charge in [0.15, 0.2) is 11.5 Å². The molecule has 0 saturated heterocycles. The molecule has 0 aliphatic rings. The molecule has 0 unspecified atom stereocenters. The summed E-state index contributed by atoms with van der Waals surface area (Å²) in [5.74, 6) is 0.917. The van der Waals surface area contributed by atoms with E-state index in [1.807, 2.05) is 24.3 Å². The molecule has 0 spiro atoms. The maximum Gasteiger partial charge on any atom is 0.156 e. The van der Waals surface area contributed by atoms with Crippen molar-refractivity contribution < 1.29 is 5.11 Å². The highest BCUT2D eigenvalue weighted by Crippen LogP contribution is 2.15. The Labute approximate surface area is 112 Å². The Morgan fingerprint density at radius 2 is 2.11 bits per heavy atom. The molecule has 1 aromatic carbocycles. The Kier molecular flexibility index (Phi) is 2.76. The molecule has 0 bridgehead atoms. The van der Waals surface area contributed by atoms with E-state index in [4.69, 9.17) is 0 Å². The van der Waals surface area contributed by atoms with Gasteiger partial charge in [-0.2, -0.15) is 5.10 Å². The Bertz CT molecular complexity index is 708. The molecule has 18 heavy (non-hydrogen) atoms. The zero-order valence-electron chi connectivity index (χ0n) is 9.42. The maximum atomic E-state index is 9.37. The number of aromatic hydroxyl groups is 1. The highest BCUT2D eigenvalue weighted by atomic mass is 79.9. The molecular weight excluding hydrogens is 294 g/mol. The molecule has 1 N–H and O–H groups in total. The van der Waals surface area contributed by atoms with Gasteiger partial charge in [0.25, 0.3) is 0 Å². The normalized spacial score (nSPS) is 10.9. The van der Waals surface area contributed by atoms with E-state index in [0.717, 1.165) is 21.5 Å². The number of rotatable bonds is 2. The molecule has 0 atom stereocenters. The second kappa shape index (κ2) is 4.42. The minimum absolute atomic E-state index is 0.182. The number of fused-ring (bicyclic) bond motifs is 1. The summed E-state index contributed by atoms with van der Waals surface area (Å²) in [6.45, 7) is 0. The van der Waals surface area contributed by atoms with Gasteiger partial charge in [0.1, 0.15) is 5.75 Å². The van der Waals surface area contributed by atoms with Crippen LogP contribution in [0.4, 0.5) is 0 Å². The lowest BCUT2D eigenvalue weighted by molar-refractivity contribution is 0.470. The van der Waals surface area contributed by atoms with Gasteiger partial charge in [-0.1, -0.05) is 28.1 Å². The predicted octanol–water partition coefficient (Wildman–Crippen LogP) is 2.79. The van der Waals surface area contributed by atoms with Crippen molar-refractivity contribution in [1.82, 2.24) is 14.6 Å². The van der Waals surface area contributed by atoms with Crippen LogP contribution in [-0.2, 0) is 6.42 Å². The van der Waals surface area contributed by atoms with Crippen LogP contribution in [0.5, 0.6) is 5.75 Å². The van der Waals surface area contributed by atoms with Crippen LogP contribution in [0.1, 0.15) is 11.4 Å². The van der Waals surface area contributed by atoms with E-state index in [1.54, 1.807) is 22.8 Å². The van der Waals surface area contributed by atoms with E-state index in [0.29, 0.717) is 6.42 Å². The average molecular weight is 304 g/mol. The lowest BCUT2D eigenvalue weighted by Gasteiger charge is -1.97. The van der Waals surface area contributed by atoms with Crippen molar-refractivity contribution >= 4 is 21.6 Å². The predicted molar refractivity (Wildman–Crippen MR) is 71.6 cm³/mol. The number of pyridine rings is 1. The number of benzene rings is 1. The quantitative estimate of drug-likeness (QED) is 0.792. The van der Waals surface area contributed by atoms with Gasteiger partial charge in [0, 0.05) is 10.9 Å². The van der Waals surface area contributed by atoms with Crippen LogP contribution in [0.2, 0.25) is 0 Å². The van der Waals surface area contributed by atoms with E-state index >= 15 is 0 Å². The minimum Gasteiger partial charge on any atom is -0.506 e. The van der Waals surface area contributed by atoms with Crippen LogP contribution >= 0.6 is 15.9 Å². The first kappa shape index (κ1) is 11.2. The third kappa shape index (κ3) is 2.22. The van der Waals surface area contributed by atoms with Gasteiger partial charge in [-0.15, -0.1) is 0 Å². The minimum atomic E-state index is 0.182. The Hall–Kier alpha value is -1.88. The van der Waals surface area contributed by atoms with Gasteiger partial charge in [-0.25, -0.2) is 9.50 Å². The summed E-state index contributed by atoms with van der Waals surface area (Å²) in [5.41, 5.74) is 1.88. The molecule has 0 amide bonds. The van der Waals surface area contributed by atoms with E-state index < -0.39 is 0 Å². The zero-order valence-corrected chi connectivity index (χ0v) is 11.0. The van der Waals surface area contributed by atoms with Gasteiger partial charge in [-0.05, 0) is 29.8 Å². The van der Waals surface area contributed by atoms with E-state index in [9.17, 15) is 5.11 Å². The van der Waals surface area contributed by atoms with Gasteiger partial charge < -0.3 is 5.11 Å². The van der Waals surface area contributed by atoms with Crippen LogP contribution in [-0.4, -0.2) is 19.7 Å². The van der Waals surface area contributed by atoms with Crippen LogP contribution in [0.15, 0.2) is 47.1 Å². The first-order valence-electron chi connectivity index (χ1n) is 5.49. The number of hydrogen-bond acceptors (Lipinski definition) is 3. The van der Waals surface area contributed by atoms with Gasteiger partial charge in [0.05, 0.1) is 6.20 Å². The third-order valence-corrected chi connectivity index (χ3v) is 3.10. The second-order valence-corrected chi connectivity index (χ2v) is 4.94. The van der Waals surface area contributed by atoms with Crippen molar-refractivity contribution in [3.05, 3.63) is 58.5 Å². The van der Waals surface area contributed by atoms with Crippen LogP contribution in [0.3, 0.4) is 0 Å².